The van der Waals surface area contributed by atoms with E-state index in [9.17, 15) is 13.2 Å². The summed E-state index contributed by atoms with van der Waals surface area (Å²) in [4.78, 5) is 6.21. The fraction of sp³-hybridized carbons (Fsp3) is 0.583. The number of aromatic nitrogens is 1. The molecule has 2 N–H and O–H groups in total. The van der Waals surface area contributed by atoms with Crippen LogP contribution in [0.2, 0.25) is 0 Å². The van der Waals surface area contributed by atoms with E-state index >= 15 is 0 Å². The van der Waals surface area contributed by atoms with Crippen LogP contribution in [0.1, 0.15) is 18.5 Å². The first kappa shape index (κ1) is 13.1. The van der Waals surface area contributed by atoms with E-state index in [-0.39, 0.29) is 12.8 Å². The fourth-order valence-electron chi connectivity index (χ4n) is 2.19. The van der Waals surface area contributed by atoms with Gasteiger partial charge in [0, 0.05) is 19.6 Å². The molecule has 0 saturated carbocycles. The van der Waals surface area contributed by atoms with E-state index in [1.54, 1.807) is 0 Å². The second-order valence-electron chi connectivity index (χ2n) is 4.49. The number of piperidine rings is 1. The molecule has 0 radical (unpaired) electrons. The Kier molecular flexibility index (Phi) is 3.75. The van der Waals surface area contributed by atoms with Gasteiger partial charge in [0.15, 0.2) is 0 Å². The van der Waals surface area contributed by atoms with E-state index in [2.05, 4.69) is 4.98 Å². The van der Waals surface area contributed by atoms with Crippen molar-refractivity contribution in [3.05, 3.63) is 23.9 Å². The molecule has 100 valence electrons. The second kappa shape index (κ2) is 5.14. The quantitative estimate of drug-likeness (QED) is 0.886. The number of rotatable bonds is 2. The van der Waals surface area contributed by atoms with E-state index in [0.717, 1.165) is 11.5 Å². The summed E-state index contributed by atoms with van der Waals surface area (Å²) >= 11 is 0. The third kappa shape index (κ3) is 2.93. The van der Waals surface area contributed by atoms with Crippen molar-refractivity contribution in [2.45, 2.75) is 25.6 Å². The molecule has 18 heavy (non-hydrogen) atoms. The van der Waals surface area contributed by atoms with Gasteiger partial charge < -0.3 is 10.6 Å². The van der Waals surface area contributed by atoms with E-state index in [0.29, 0.717) is 19.6 Å². The molecule has 1 aliphatic heterocycles. The van der Waals surface area contributed by atoms with Gasteiger partial charge >= 0.3 is 6.18 Å². The topological polar surface area (TPSA) is 42.1 Å². The third-order valence-electron chi connectivity index (χ3n) is 3.28. The van der Waals surface area contributed by atoms with Crippen LogP contribution >= 0.6 is 0 Å². The number of nitrogens with two attached hydrogens (primary N) is 1. The number of hydrogen-bond acceptors (Lipinski definition) is 3. The van der Waals surface area contributed by atoms with Crippen LogP contribution in [-0.4, -0.2) is 24.2 Å². The van der Waals surface area contributed by atoms with Crippen LogP contribution in [0.4, 0.5) is 19.0 Å². The first-order valence-corrected chi connectivity index (χ1v) is 5.98. The average molecular weight is 259 g/mol. The highest BCUT2D eigenvalue weighted by Crippen LogP contribution is 2.34. The van der Waals surface area contributed by atoms with Crippen molar-refractivity contribution >= 4 is 5.82 Å². The number of hydrogen-bond donors (Lipinski definition) is 1. The third-order valence-corrected chi connectivity index (χ3v) is 3.28. The Bertz CT molecular complexity index is 398. The molecule has 1 aliphatic rings. The molecule has 3 nitrogen and oxygen atoms in total. The molecule has 1 saturated heterocycles. The lowest BCUT2D eigenvalue weighted by atomic mass is 9.96. The zero-order valence-corrected chi connectivity index (χ0v) is 9.95. The van der Waals surface area contributed by atoms with Gasteiger partial charge in [-0.3, -0.25) is 0 Å². The van der Waals surface area contributed by atoms with Crippen molar-refractivity contribution in [3.8, 4) is 0 Å². The lowest BCUT2D eigenvalue weighted by Crippen LogP contribution is -2.39. The van der Waals surface area contributed by atoms with Crippen molar-refractivity contribution in [1.82, 2.24) is 4.98 Å². The molecule has 0 amide bonds. The number of anilines is 1. The minimum Gasteiger partial charge on any atom is -0.357 e. The van der Waals surface area contributed by atoms with Gasteiger partial charge in [-0.15, -0.1) is 0 Å². The Morgan fingerprint density at radius 3 is 2.50 bits per heavy atom. The molecule has 0 atom stereocenters. The first-order valence-electron chi connectivity index (χ1n) is 5.98. The predicted octanol–water partition coefficient (Wildman–Crippen LogP) is 2.32. The molecule has 2 rings (SSSR count). The summed E-state index contributed by atoms with van der Waals surface area (Å²) in [6.45, 7) is 1.13. The minimum absolute atomic E-state index is 0.137. The molecular formula is C12H16F3N3. The zero-order valence-electron chi connectivity index (χ0n) is 9.95. The molecule has 6 heteroatoms. The van der Waals surface area contributed by atoms with Crippen LogP contribution in [0.3, 0.4) is 0 Å². The van der Waals surface area contributed by atoms with E-state index in [4.69, 9.17) is 5.73 Å². The molecule has 0 aromatic carbocycles. The average Bonchev–Trinajstić information content (AvgIpc) is 2.38. The molecule has 0 unspecified atom stereocenters. The van der Waals surface area contributed by atoms with E-state index < -0.39 is 12.1 Å². The van der Waals surface area contributed by atoms with Gasteiger partial charge in [0.05, 0.1) is 11.6 Å². The summed E-state index contributed by atoms with van der Waals surface area (Å²) in [7, 11) is 0. The van der Waals surface area contributed by atoms with Crippen LogP contribution in [0.25, 0.3) is 0 Å². The van der Waals surface area contributed by atoms with Crippen LogP contribution in [0, 0.1) is 5.92 Å². The van der Waals surface area contributed by atoms with Crippen LogP contribution in [0.5, 0.6) is 0 Å². The molecule has 1 aromatic heterocycles. The van der Waals surface area contributed by atoms with Crippen LogP contribution in [0.15, 0.2) is 18.2 Å². The summed E-state index contributed by atoms with van der Waals surface area (Å²) in [5, 5.41) is 0. The monoisotopic (exact) mass is 259 g/mol. The SMILES string of the molecule is NCc1cccc(N2CCC(C(F)(F)F)CC2)n1. The van der Waals surface area contributed by atoms with Gasteiger partial charge in [-0.2, -0.15) is 13.2 Å². The van der Waals surface area contributed by atoms with Crippen LogP contribution in [-0.2, 0) is 6.54 Å². The summed E-state index contributed by atoms with van der Waals surface area (Å²) in [5.74, 6) is -0.454. The predicted molar refractivity (Wildman–Crippen MR) is 63.1 cm³/mol. The lowest BCUT2D eigenvalue weighted by Gasteiger charge is -2.33. The molecule has 0 aliphatic carbocycles. The lowest BCUT2D eigenvalue weighted by molar-refractivity contribution is -0.179. The van der Waals surface area contributed by atoms with Crippen molar-refractivity contribution in [2.75, 3.05) is 18.0 Å². The summed E-state index contributed by atoms with van der Waals surface area (Å²) < 4.78 is 37.6. The van der Waals surface area contributed by atoms with Crippen LogP contribution < -0.4 is 10.6 Å². The van der Waals surface area contributed by atoms with Gasteiger partial charge in [-0.05, 0) is 25.0 Å². The van der Waals surface area contributed by atoms with Gasteiger partial charge in [0.1, 0.15) is 5.82 Å². The summed E-state index contributed by atoms with van der Waals surface area (Å²) in [6.07, 6.45) is -3.80. The Morgan fingerprint density at radius 2 is 1.94 bits per heavy atom. The maximum Gasteiger partial charge on any atom is 0.391 e. The van der Waals surface area contributed by atoms with Gasteiger partial charge in [-0.25, -0.2) is 4.98 Å². The largest absolute Gasteiger partial charge is 0.391 e. The molecule has 0 spiro atoms. The highest BCUT2D eigenvalue weighted by molar-refractivity contribution is 5.39. The maximum atomic E-state index is 12.5. The molecule has 1 aromatic rings. The van der Waals surface area contributed by atoms with Crippen molar-refractivity contribution in [2.24, 2.45) is 11.7 Å². The molecule has 2 heterocycles. The zero-order chi connectivity index (χ0) is 13.2. The molecule has 0 bridgehead atoms. The summed E-state index contributed by atoms with van der Waals surface area (Å²) in [6, 6.07) is 5.46. The number of halogens is 3. The second-order valence-corrected chi connectivity index (χ2v) is 4.49. The smallest absolute Gasteiger partial charge is 0.357 e. The molecule has 1 fully saturated rings. The van der Waals surface area contributed by atoms with E-state index in [1.807, 2.05) is 23.1 Å². The van der Waals surface area contributed by atoms with Gasteiger partial charge in [0.2, 0.25) is 0 Å². The highest BCUT2D eigenvalue weighted by atomic mass is 19.4. The maximum absolute atomic E-state index is 12.5. The summed E-state index contributed by atoms with van der Waals surface area (Å²) in [5.41, 5.74) is 6.25. The molecular weight excluding hydrogens is 243 g/mol. The fourth-order valence-corrected chi connectivity index (χ4v) is 2.19. The highest BCUT2D eigenvalue weighted by Gasteiger charge is 2.41. The van der Waals surface area contributed by atoms with Gasteiger partial charge in [-0.1, -0.05) is 6.07 Å². The Morgan fingerprint density at radius 1 is 1.28 bits per heavy atom. The van der Waals surface area contributed by atoms with E-state index in [1.165, 1.54) is 0 Å². The Hall–Kier alpha value is -1.30. The normalized spacial score (nSPS) is 18.1. The first-order chi connectivity index (χ1) is 8.50. The number of alkyl halides is 3. The Balaban J connectivity index is 2.01. The minimum atomic E-state index is -4.07. The van der Waals surface area contributed by atoms with Gasteiger partial charge in [0.25, 0.3) is 0 Å². The Labute approximate surface area is 104 Å². The van der Waals surface area contributed by atoms with Crippen molar-refractivity contribution in [1.29, 1.82) is 0 Å². The van der Waals surface area contributed by atoms with Crippen molar-refractivity contribution in [3.63, 3.8) is 0 Å². The number of pyridine rings is 1. The number of nitrogens with zero attached hydrogens (tertiary/aromatic N) is 2. The standard InChI is InChI=1S/C12H16F3N3/c13-12(14,15)9-4-6-18(7-5-9)11-3-1-2-10(8-16)17-11/h1-3,9H,4-8,16H2. The van der Waals surface area contributed by atoms with Crippen molar-refractivity contribution < 1.29 is 13.2 Å².